The quantitative estimate of drug-likeness (QED) is 0.0299. The van der Waals surface area contributed by atoms with E-state index in [1.165, 1.54) is 47.9 Å². The average Bonchev–Trinajstić information content (AvgIpc) is 1.92. The average molecular weight is 1330 g/mol. The van der Waals surface area contributed by atoms with Crippen LogP contribution in [0.1, 0.15) is 95.1 Å². The maximum atomic E-state index is 14.8. The van der Waals surface area contributed by atoms with Gasteiger partial charge in [0.05, 0.1) is 19.6 Å². The first-order chi connectivity index (χ1) is 43.3. The molecule has 13 atom stereocenters. The molecule has 0 aliphatic carbocycles. The third kappa shape index (κ3) is 24.7. The zero-order chi connectivity index (χ0) is 66.7. The van der Waals surface area contributed by atoms with Gasteiger partial charge in [0.25, 0.3) is 0 Å². The van der Waals surface area contributed by atoms with Crippen LogP contribution in [0.3, 0.4) is 0 Å². The summed E-state index contributed by atoms with van der Waals surface area (Å²) < 4.78 is 5.56. The summed E-state index contributed by atoms with van der Waals surface area (Å²) in [5.41, 5.74) is 16.4. The number of nitrogens with one attached hydrogen (secondary N) is 8. The molecule has 19 N–H and O–H groups in total. The van der Waals surface area contributed by atoms with Gasteiger partial charge in [-0.1, -0.05) is 89.7 Å². The van der Waals surface area contributed by atoms with E-state index in [1.54, 1.807) is 30.3 Å². The van der Waals surface area contributed by atoms with Gasteiger partial charge in [-0.3, -0.25) is 57.5 Å². The molecule has 0 radical (unpaired) electrons. The molecule has 33 heteroatoms. The Labute approximate surface area is 537 Å². The Morgan fingerprint density at radius 2 is 1.26 bits per heavy atom. The van der Waals surface area contributed by atoms with E-state index in [4.69, 9.17) is 21.9 Å². The summed E-state index contributed by atoms with van der Waals surface area (Å²) in [5.74, 6) is -10.8. The fourth-order valence-electron chi connectivity index (χ4n) is 10.0. The first-order valence-corrected chi connectivity index (χ1v) is 33.4. The molecule has 502 valence electrons. The van der Waals surface area contributed by atoms with Crippen LogP contribution in [0.4, 0.5) is 0 Å². The number of carbonyl (C=O) groups is 12. The van der Waals surface area contributed by atoms with Crippen molar-refractivity contribution in [3.8, 4) is 5.75 Å². The second kappa shape index (κ2) is 37.9. The van der Waals surface area contributed by atoms with Crippen LogP contribution in [0.2, 0.25) is 0 Å². The predicted octanol–water partition coefficient (Wildman–Crippen LogP) is -4.02. The van der Waals surface area contributed by atoms with E-state index in [2.05, 4.69) is 42.5 Å². The predicted molar refractivity (Wildman–Crippen MR) is 334 cm³/mol. The van der Waals surface area contributed by atoms with Crippen LogP contribution in [-0.2, 0) is 75.1 Å². The van der Waals surface area contributed by atoms with Crippen molar-refractivity contribution in [2.45, 2.75) is 175 Å². The molecule has 0 spiro atoms. The van der Waals surface area contributed by atoms with Gasteiger partial charge in [0.1, 0.15) is 83.9 Å². The fraction of sp³-hybridized carbons (Fsp3) is 0.586. The van der Waals surface area contributed by atoms with Crippen molar-refractivity contribution in [2.24, 2.45) is 17.2 Å². The fourth-order valence-corrected chi connectivity index (χ4v) is 13.5. The minimum Gasteiger partial charge on any atom is -0.508 e. The Hall–Kier alpha value is -7.27. The largest absolute Gasteiger partial charge is 0.508 e. The third-order valence-corrected chi connectivity index (χ3v) is 18.7. The van der Waals surface area contributed by atoms with Gasteiger partial charge in [-0.05, 0) is 68.0 Å². The lowest BCUT2D eigenvalue weighted by atomic mass is 10.0. The molecule has 3 unspecified atom stereocenters. The number of carbonyl (C=O) groups excluding carboxylic acids is 12. The van der Waals surface area contributed by atoms with Gasteiger partial charge >= 0.3 is 0 Å². The minimum atomic E-state index is -1.84. The number of phenols is 1. The van der Waals surface area contributed by atoms with E-state index in [1.807, 2.05) is 0 Å². The number of likely N-dealkylation sites (tertiary alicyclic amines) is 1. The van der Waals surface area contributed by atoms with Gasteiger partial charge < -0.3 is 94.9 Å². The van der Waals surface area contributed by atoms with Crippen molar-refractivity contribution in [2.75, 3.05) is 37.0 Å². The maximum Gasteiger partial charge on any atom is 0.246 e. The van der Waals surface area contributed by atoms with Gasteiger partial charge in [-0.15, -0.1) is 11.8 Å². The molecule has 3 aliphatic heterocycles. The van der Waals surface area contributed by atoms with E-state index in [0.717, 1.165) is 40.9 Å². The van der Waals surface area contributed by atoms with Crippen LogP contribution in [0.5, 0.6) is 5.75 Å². The summed E-state index contributed by atoms with van der Waals surface area (Å²) in [5, 5.41) is 70.7. The lowest BCUT2D eigenvalue weighted by molar-refractivity contribution is -0.205. The van der Waals surface area contributed by atoms with Crippen LogP contribution in [0.15, 0.2) is 54.6 Å². The van der Waals surface area contributed by atoms with Crippen molar-refractivity contribution in [1.82, 2.24) is 47.4 Å². The summed E-state index contributed by atoms with van der Waals surface area (Å²) >= 11 is 1.25. The molecule has 2 aromatic carbocycles. The van der Waals surface area contributed by atoms with E-state index in [9.17, 15) is 83.1 Å². The van der Waals surface area contributed by atoms with E-state index in [-0.39, 0.29) is 55.9 Å². The van der Waals surface area contributed by atoms with Crippen molar-refractivity contribution in [3.05, 3.63) is 65.7 Å². The number of aliphatic hydroxyl groups excluding tert-OH is 4. The number of nitrogens with two attached hydrogens (primary N) is 3. The van der Waals surface area contributed by atoms with Crippen molar-refractivity contribution in [3.63, 3.8) is 0 Å². The number of primary amides is 3. The first kappa shape index (κ1) is 74.5. The zero-order valence-corrected chi connectivity index (χ0v) is 52.7. The SMILES string of the molecule is C[C@H](NC(=O)[C@@H]1CCCN1C(=O)C1CSSC[C@H](NC(=O)CCCCCCCCS[C@@H]2O[C@H](CO)[C@@H](O)[C@H](O)[C@H]2O)C(=O)NC(Cc2ccc(O)cc2)C(=O)N[C@@H](Cc2ccccc2)C(=O)N[C@@H](CCC(N)=O)C(=O)NC(CC(N)=O)C(=O)N1)C(=O)NCC(N)=O. The molecule has 3 fully saturated rings. The number of thioether (sulfide) groups is 1. The highest BCUT2D eigenvalue weighted by Crippen LogP contribution is 2.30. The standard InChI is InChI=1S/C58H84N12O18S3/c1-31(50(80)62-27-45(61)75)63-56(86)41-14-11-22-70(41)57(87)40-30-91-90-29-39(64-46(76)15-9-4-2-3-5-10-23-89-58-49(79)48(78)47(77)42(28-71)88-58)55(85)67-37(25-33-16-18-34(72)19-17-33)53(83)66-36(24-32-12-7-6-8-13-32)52(82)65-35(20-21-43(59)73)51(81)68-38(26-44(60)74)54(84)69-40/h6-8,12-13,16-19,31,35-42,47-49,58,71-72,77-79H,2-5,9-11,14-15,20-30H2,1H3,(H2,59,73)(H2,60,74)(H2,61,75)(H,62,80)(H,63,86)(H,64,76)(H,65,82)(H,66,83)(H,67,85)(H,68,81)(H,69,84)/t31-,35-,36-,37?,38?,39-,40?,41-,42+,47+,48-,49+,58-/m0/s1. The summed E-state index contributed by atoms with van der Waals surface area (Å²) in [7, 11) is 1.91. The summed E-state index contributed by atoms with van der Waals surface area (Å²) in [4.78, 5) is 165. The van der Waals surface area contributed by atoms with E-state index in [0.29, 0.717) is 36.1 Å². The normalized spacial score (nSPS) is 25.9. The molecule has 12 amide bonds. The Morgan fingerprint density at radius 3 is 1.90 bits per heavy atom. The number of ether oxygens (including phenoxy) is 1. The maximum absolute atomic E-state index is 14.8. The van der Waals surface area contributed by atoms with Gasteiger partial charge in [0, 0.05) is 43.7 Å². The molecule has 3 saturated heterocycles. The third-order valence-electron chi connectivity index (χ3n) is 15.1. The number of aromatic hydroxyl groups is 1. The summed E-state index contributed by atoms with van der Waals surface area (Å²) in [6, 6.07) is 2.23. The van der Waals surface area contributed by atoms with Gasteiger partial charge in [-0.25, -0.2) is 0 Å². The van der Waals surface area contributed by atoms with Crippen LogP contribution < -0.4 is 59.7 Å². The Bertz CT molecular complexity index is 2830. The first-order valence-electron chi connectivity index (χ1n) is 29.9. The monoisotopic (exact) mass is 1330 g/mol. The number of hydrogen-bond donors (Lipinski definition) is 16. The molecular weight excluding hydrogens is 1250 g/mol. The van der Waals surface area contributed by atoms with Crippen LogP contribution in [0.25, 0.3) is 0 Å². The second-order valence-corrected chi connectivity index (χ2v) is 26.0. The molecule has 91 heavy (non-hydrogen) atoms. The van der Waals surface area contributed by atoms with Gasteiger partial charge in [0.2, 0.25) is 70.9 Å². The molecule has 2 aromatic rings. The highest BCUT2D eigenvalue weighted by atomic mass is 33.1. The topological polar surface area (TPSA) is 493 Å². The second-order valence-electron chi connectivity index (χ2n) is 22.3. The molecule has 0 bridgehead atoms. The Balaban J connectivity index is 1.44. The highest BCUT2D eigenvalue weighted by Gasteiger charge is 2.44. The highest BCUT2D eigenvalue weighted by molar-refractivity contribution is 8.76. The number of amides is 12. The summed E-state index contributed by atoms with van der Waals surface area (Å²) in [6.45, 7) is 0.280. The number of phenolic OH excluding ortho intramolecular Hbond substituents is 1. The molecule has 5 rings (SSSR count). The number of rotatable bonds is 27. The Kier molecular flexibility index (Phi) is 31.0. The Morgan fingerprint density at radius 1 is 0.681 bits per heavy atom. The van der Waals surface area contributed by atoms with Crippen molar-refractivity contribution in [1.29, 1.82) is 0 Å². The van der Waals surface area contributed by atoms with Gasteiger partial charge in [-0.2, -0.15) is 0 Å². The molecule has 3 aliphatic rings. The van der Waals surface area contributed by atoms with Crippen molar-refractivity contribution >= 4 is 104 Å². The molecule has 3 heterocycles. The number of nitrogens with zero attached hydrogens (tertiary/aromatic N) is 1. The van der Waals surface area contributed by atoms with Crippen LogP contribution in [0, 0.1) is 0 Å². The minimum absolute atomic E-state index is 0.0157. The molecular formula is C58H84N12O18S3. The molecule has 0 saturated carbocycles. The smallest absolute Gasteiger partial charge is 0.246 e. The number of unbranched alkanes of at least 4 members (excludes halogenated alkanes) is 5. The lowest BCUT2D eigenvalue weighted by Gasteiger charge is -2.39. The lowest BCUT2D eigenvalue weighted by Crippen LogP contribution is -2.61. The summed E-state index contributed by atoms with van der Waals surface area (Å²) in [6.07, 6.45) is -3.15. The molecule has 30 nitrogen and oxygen atoms in total. The zero-order valence-electron chi connectivity index (χ0n) is 50.3. The number of hydrogen-bond acceptors (Lipinski definition) is 21. The van der Waals surface area contributed by atoms with E-state index < -0.39 is 181 Å². The van der Waals surface area contributed by atoms with E-state index >= 15 is 0 Å². The number of aliphatic hydroxyl groups is 4. The van der Waals surface area contributed by atoms with Gasteiger partial charge in [0.15, 0.2) is 0 Å². The van der Waals surface area contributed by atoms with Crippen LogP contribution >= 0.6 is 33.3 Å². The number of benzene rings is 2. The van der Waals surface area contributed by atoms with Crippen LogP contribution in [-0.4, -0.2) is 216 Å². The van der Waals surface area contributed by atoms with Crippen molar-refractivity contribution < 1.29 is 87.8 Å². The molecule has 0 aromatic heterocycles.